The lowest BCUT2D eigenvalue weighted by molar-refractivity contribution is -0.0307. The summed E-state index contributed by atoms with van der Waals surface area (Å²) < 4.78 is 6.14. The van der Waals surface area contributed by atoms with Crippen molar-refractivity contribution in [1.82, 2.24) is 0 Å². The SMILES string of the molecule is CCC1CCCC[C@H]1[C@@H]1OCCc2sccc21. The predicted molar refractivity (Wildman–Crippen MR) is 72.5 cm³/mol. The van der Waals surface area contributed by atoms with E-state index in [1.54, 1.807) is 4.88 Å². The van der Waals surface area contributed by atoms with Crippen LogP contribution in [-0.4, -0.2) is 6.61 Å². The van der Waals surface area contributed by atoms with E-state index in [4.69, 9.17) is 4.74 Å². The summed E-state index contributed by atoms with van der Waals surface area (Å²) in [4.78, 5) is 1.58. The lowest BCUT2D eigenvalue weighted by Crippen LogP contribution is -2.29. The van der Waals surface area contributed by atoms with Gasteiger partial charge in [0.2, 0.25) is 0 Å². The first-order valence-corrected chi connectivity index (χ1v) is 7.96. The molecule has 0 radical (unpaired) electrons. The maximum Gasteiger partial charge on any atom is 0.0866 e. The first-order chi connectivity index (χ1) is 8.40. The van der Waals surface area contributed by atoms with Crippen LogP contribution in [0, 0.1) is 11.8 Å². The second-order valence-corrected chi connectivity index (χ2v) is 6.46. The molecule has 3 rings (SSSR count). The van der Waals surface area contributed by atoms with E-state index in [9.17, 15) is 0 Å². The molecular weight excluding hydrogens is 228 g/mol. The second kappa shape index (κ2) is 5.11. The fraction of sp³-hybridized carbons (Fsp3) is 0.733. The van der Waals surface area contributed by atoms with Crippen LogP contribution in [0.25, 0.3) is 0 Å². The van der Waals surface area contributed by atoms with E-state index in [1.165, 1.54) is 37.7 Å². The van der Waals surface area contributed by atoms with Crippen LogP contribution in [0.3, 0.4) is 0 Å². The van der Waals surface area contributed by atoms with Gasteiger partial charge in [0.15, 0.2) is 0 Å². The summed E-state index contributed by atoms with van der Waals surface area (Å²) in [5, 5.41) is 2.25. The highest BCUT2D eigenvalue weighted by atomic mass is 32.1. The molecule has 0 N–H and O–H groups in total. The van der Waals surface area contributed by atoms with E-state index in [-0.39, 0.29) is 0 Å². The maximum atomic E-state index is 6.14. The zero-order chi connectivity index (χ0) is 11.7. The maximum absolute atomic E-state index is 6.14. The topological polar surface area (TPSA) is 9.23 Å². The van der Waals surface area contributed by atoms with Crippen LogP contribution < -0.4 is 0 Å². The Bertz CT molecular complexity index is 371. The average Bonchev–Trinajstić information content (AvgIpc) is 2.86. The van der Waals surface area contributed by atoms with Gasteiger partial charge < -0.3 is 4.74 Å². The highest BCUT2D eigenvalue weighted by molar-refractivity contribution is 7.10. The van der Waals surface area contributed by atoms with Crippen LogP contribution in [0.1, 0.15) is 55.6 Å². The fourth-order valence-electron chi connectivity index (χ4n) is 3.67. The first kappa shape index (κ1) is 11.7. The van der Waals surface area contributed by atoms with Crippen LogP contribution in [0.5, 0.6) is 0 Å². The molecule has 1 nitrogen and oxygen atoms in total. The van der Waals surface area contributed by atoms with Crippen molar-refractivity contribution in [3.05, 3.63) is 21.9 Å². The highest BCUT2D eigenvalue weighted by Gasteiger charge is 2.35. The van der Waals surface area contributed by atoms with Crippen molar-refractivity contribution in [2.45, 2.75) is 51.6 Å². The summed E-state index contributed by atoms with van der Waals surface area (Å²) in [6, 6.07) is 2.31. The minimum atomic E-state index is 0.412. The molecule has 1 saturated carbocycles. The fourth-order valence-corrected chi connectivity index (χ4v) is 4.57. The second-order valence-electron chi connectivity index (χ2n) is 5.46. The molecule has 1 fully saturated rings. The van der Waals surface area contributed by atoms with Crippen molar-refractivity contribution in [3.8, 4) is 0 Å². The van der Waals surface area contributed by atoms with Crippen LogP contribution in [0.2, 0.25) is 0 Å². The molecular formula is C15H22OS. The van der Waals surface area contributed by atoms with Crippen LogP contribution >= 0.6 is 11.3 Å². The highest BCUT2D eigenvalue weighted by Crippen LogP contribution is 2.45. The minimum Gasteiger partial charge on any atom is -0.373 e. The molecule has 1 aliphatic carbocycles. The molecule has 94 valence electrons. The van der Waals surface area contributed by atoms with E-state index in [0.29, 0.717) is 6.10 Å². The van der Waals surface area contributed by atoms with Crippen LogP contribution in [-0.2, 0) is 11.2 Å². The Balaban J connectivity index is 1.84. The van der Waals surface area contributed by atoms with Crippen molar-refractivity contribution in [2.24, 2.45) is 11.8 Å². The van der Waals surface area contributed by atoms with Crippen molar-refractivity contribution in [1.29, 1.82) is 0 Å². The smallest absolute Gasteiger partial charge is 0.0866 e. The normalized spacial score (nSPS) is 33.4. The van der Waals surface area contributed by atoms with Crippen molar-refractivity contribution in [2.75, 3.05) is 6.61 Å². The van der Waals surface area contributed by atoms with Gasteiger partial charge in [-0.1, -0.05) is 32.6 Å². The number of hydrogen-bond donors (Lipinski definition) is 0. The van der Waals surface area contributed by atoms with Gasteiger partial charge in [-0.3, -0.25) is 0 Å². The molecule has 17 heavy (non-hydrogen) atoms. The number of fused-ring (bicyclic) bond motifs is 1. The molecule has 1 aromatic rings. The van der Waals surface area contributed by atoms with Gasteiger partial charge in [-0.05, 0) is 35.3 Å². The van der Waals surface area contributed by atoms with Gasteiger partial charge in [0.1, 0.15) is 0 Å². The molecule has 2 heteroatoms. The van der Waals surface area contributed by atoms with Gasteiger partial charge in [0.05, 0.1) is 12.7 Å². The standard InChI is InChI=1S/C15H22OS/c1-2-11-5-3-4-6-12(11)15-13-8-10-17-14(13)7-9-16-15/h8,10-12,15H,2-7,9H2,1H3/t11?,12-,15+/m1/s1. The number of ether oxygens (including phenoxy) is 1. The van der Waals surface area contributed by atoms with Gasteiger partial charge in [0.25, 0.3) is 0 Å². The first-order valence-electron chi connectivity index (χ1n) is 7.08. The molecule has 3 atom stereocenters. The monoisotopic (exact) mass is 250 g/mol. The zero-order valence-electron chi connectivity index (χ0n) is 10.7. The van der Waals surface area contributed by atoms with E-state index < -0.39 is 0 Å². The zero-order valence-corrected chi connectivity index (χ0v) is 11.5. The van der Waals surface area contributed by atoms with Crippen LogP contribution in [0.15, 0.2) is 11.4 Å². The third-order valence-corrected chi connectivity index (χ3v) is 5.59. The molecule has 1 aliphatic heterocycles. The van der Waals surface area contributed by atoms with E-state index in [2.05, 4.69) is 18.4 Å². The molecule has 2 aliphatic rings. The lowest BCUT2D eigenvalue weighted by Gasteiger charge is -2.38. The number of rotatable bonds is 2. The minimum absolute atomic E-state index is 0.412. The Hall–Kier alpha value is -0.340. The lowest BCUT2D eigenvalue weighted by atomic mass is 9.73. The average molecular weight is 250 g/mol. The predicted octanol–water partition coefficient (Wildman–Crippen LogP) is 4.58. The Morgan fingerprint density at radius 1 is 1.35 bits per heavy atom. The number of hydrogen-bond acceptors (Lipinski definition) is 2. The van der Waals surface area contributed by atoms with Gasteiger partial charge >= 0.3 is 0 Å². The molecule has 1 unspecified atom stereocenters. The molecule has 1 aromatic heterocycles. The molecule has 2 heterocycles. The Morgan fingerprint density at radius 3 is 3.12 bits per heavy atom. The molecule has 0 aromatic carbocycles. The summed E-state index contributed by atoms with van der Waals surface area (Å²) >= 11 is 1.92. The van der Waals surface area contributed by atoms with E-state index in [0.717, 1.165) is 24.9 Å². The van der Waals surface area contributed by atoms with Crippen molar-refractivity contribution >= 4 is 11.3 Å². The van der Waals surface area contributed by atoms with Gasteiger partial charge in [0, 0.05) is 11.3 Å². The summed E-state index contributed by atoms with van der Waals surface area (Å²) in [7, 11) is 0. The Labute approximate surface area is 108 Å². The molecule has 0 spiro atoms. The molecule has 0 amide bonds. The van der Waals surface area contributed by atoms with Crippen molar-refractivity contribution in [3.63, 3.8) is 0 Å². The summed E-state index contributed by atoms with van der Waals surface area (Å²) in [5.74, 6) is 1.67. The van der Waals surface area contributed by atoms with E-state index >= 15 is 0 Å². The van der Waals surface area contributed by atoms with Gasteiger partial charge in [-0.2, -0.15) is 0 Å². The summed E-state index contributed by atoms with van der Waals surface area (Å²) in [5.41, 5.74) is 1.52. The third-order valence-electron chi connectivity index (χ3n) is 4.59. The van der Waals surface area contributed by atoms with Crippen molar-refractivity contribution < 1.29 is 4.74 Å². The molecule has 0 saturated heterocycles. The Morgan fingerprint density at radius 2 is 2.24 bits per heavy atom. The summed E-state index contributed by atoms with van der Waals surface area (Å²) in [6.07, 6.45) is 8.49. The quantitative estimate of drug-likeness (QED) is 0.746. The third kappa shape index (κ3) is 2.17. The number of thiophene rings is 1. The van der Waals surface area contributed by atoms with Crippen LogP contribution in [0.4, 0.5) is 0 Å². The largest absolute Gasteiger partial charge is 0.373 e. The molecule has 0 bridgehead atoms. The van der Waals surface area contributed by atoms with Gasteiger partial charge in [-0.15, -0.1) is 11.3 Å². The van der Waals surface area contributed by atoms with Gasteiger partial charge in [-0.25, -0.2) is 0 Å². The Kier molecular flexibility index (Phi) is 3.53. The van der Waals surface area contributed by atoms with E-state index in [1.807, 2.05) is 11.3 Å². The summed E-state index contributed by atoms with van der Waals surface area (Å²) in [6.45, 7) is 3.28.